The number of nitrogens with zero attached hydrogens (tertiary/aromatic N) is 1. The number of likely N-dealkylation sites (tertiary alicyclic amines) is 1. The molecular weight excluding hydrogens is 276 g/mol. The van der Waals surface area contributed by atoms with Crippen molar-refractivity contribution in [3.05, 3.63) is 35.9 Å². The number of piperidine rings is 1. The summed E-state index contributed by atoms with van der Waals surface area (Å²) in [6, 6.07) is 10.4. The van der Waals surface area contributed by atoms with Gasteiger partial charge in [-0.1, -0.05) is 36.8 Å². The van der Waals surface area contributed by atoms with Gasteiger partial charge in [0.1, 0.15) is 0 Å². The Balaban J connectivity index is 1.55. The summed E-state index contributed by atoms with van der Waals surface area (Å²) in [6.07, 6.45) is 4.46. The lowest BCUT2D eigenvalue weighted by atomic mass is 9.95. The molecule has 120 valence electrons. The third-order valence-corrected chi connectivity index (χ3v) is 4.95. The average Bonchev–Trinajstić information content (AvgIpc) is 3.02. The van der Waals surface area contributed by atoms with Crippen molar-refractivity contribution in [2.45, 2.75) is 37.8 Å². The van der Waals surface area contributed by atoms with Crippen molar-refractivity contribution >= 4 is 5.91 Å². The number of hydrogen-bond donors (Lipinski definition) is 1. The second kappa shape index (κ2) is 7.25. The molecular formula is C18H26N2O2. The summed E-state index contributed by atoms with van der Waals surface area (Å²) in [6.45, 7) is 2.52. The zero-order valence-electron chi connectivity index (χ0n) is 13.3. The second-order valence-electron chi connectivity index (χ2n) is 6.49. The van der Waals surface area contributed by atoms with Crippen LogP contribution in [0.5, 0.6) is 0 Å². The summed E-state index contributed by atoms with van der Waals surface area (Å²) in [5.74, 6) is 0.557. The number of hydrogen-bond acceptors (Lipinski definition) is 3. The molecule has 3 atom stereocenters. The van der Waals surface area contributed by atoms with Crippen LogP contribution in [0.3, 0.4) is 0 Å². The number of rotatable bonds is 4. The van der Waals surface area contributed by atoms with E-state index in [9.17, 15) is 4.79 Å². The molecule has 2 heterocycles. The topological polar surface area (TPSA) is 41.6 Å². The number of ether oxygens (including phenoxy) is 1. The van der Waals surface area contributed by atoms with Gasteiger partial charge in [0.25, 0.3) is 0 Å². The van der Waals surface area contributed by atoms with Gasteiger partial charge in [0.2, 0.25) is 5.91 Å². The third-order valence-electron chi connectivity index (χ3n) is 4.95. The molecule has 0 aromatic heterocycles. The van der Waals surface area contributed by atoms with Crippen LogP contribution >= 0.6 is 0 Å². The van der Waals surface area contributed by atoms with Crippen LogP contribution in [-0.2, 0) is 9.53 Å². The standard InChI is InChI=1S/C18H26N2O2/c1-20-11-6-5-9-16(20)18(21)19-13-15-10-12-22-17(15)14-7-3-2-4-8-14/h2-4,7-8,15-17H,5-6,9-13H2,1H3,(H,19,21)/t15-,16+,17-/m0/s1. The lowest BCUT2D eigenvalue weighted by molar-refractivity contribution is -0.127. The molecule has 1 amide bonds. The Labute approximate surface area is 132 Å². The van der Waals surface area contributed by atoms with Crippen molar-refractivity contribution in [1.29, 1.82) is 0 Å². The molecule has 0 saturated carbocycles. The van der Waals surface area contributed by atoms with Crippen LogP contribution in [0.25, 0.3) is 0 Å². The lowest BCUT2D eigenvalue weighted by Crippen LogP contribution is -2.48. The highest BCUT2D eigenvalue weighted by Gasteiger charge is 2.31. The summed E-state index contributed by atoms with van der Waals surface area (Å²) >= 11 is 0. The quantitative estimate of drug-likeness (QED) is 0.928. The first-order chi connectivity index (χ1) is 10.8. The minimum absolute atomic E-state index is 0.0475. The lowest BCUT2D eigenvalue weighted by Gasteiger charge is -2.31. The fourth-order valence-corrected chi connectivity index (χ4v) is 3.61. The van der Waals surface area contributed by atoms with Crippen molar-refractivity contribution in [1.82, 2.24) is 10.2 Å². The first kappa shape index (κ1) is 15.5. The van der Waals surface area contributed by atoms with Crippen LogP contribution in [0, 0.1) is 5.92 Å². The van der Waals surface area contributed by atoms with Crippen LogP contribution in [0.1, 0.15) is 37.4 Å². The Morgan fingerprint density at radius 3 is 2.86 bits per heavy atom. The maximum absolute atomic E-state index is 12.4. The van der Waals surface area contributed by atoms with Gasteiger partial charge in [-0.25, -0.2) is 0 Å². The molecule has 0 spiro atoms. The van der Waals surface area contributed by atoms with E-state index in [4.69, 9.17) is 4.74 Å². The number of likely N-dealkylation sites (N-methyl/N-ethyl adjacent to an activating group) is 1. The summed E-state index contributed by atoms with van der Waals surface area (Å²) < 4.78 is 5.89. The molecule has 1 aromatic rings. The average molecular weight is 302 g/mol. The van der Waals surface area contributed by atoms with Gasteiger partial charge in [-0.05, 0) is 38.4 Å². The Bertz CT molecular complexity index is 491. The largest absolute Gasteiger partial charge is 0.373 e. The van der Waals surface area contributed by atoms with Crippen molar-refractivity contribution in [2.75, 3.05) is 26.7 Å². The van der Waals surface area contributed by atoms with Gasteiger partial charge >= 0.3 is 0 Å². The van der Waals surface area contributed by atoms with Crippen LogP contribution in [0.2, 0.25) is 0 Å². The number of amides is 1. The van der Waals surface area contributed by atoms with Gasteiger partial charge in [0.05, 0.1) is 12.1 Å². The van der Waals surface area contributed by atoms with E-state index < -0.39 is 0 Å². The summed E-state index contributed by atoms with van der Waals surface area (Å²) in [5, 5.41) is 3.16. The van der Waals surface area contributed by atoms with E-state index in [-0.39, 0.29) is 18.1 Å². The van der Waals surface area contributed by atoms with E-state index in [2.05, 4.69) is 29.4 Å². The maximum atomic E-state index is 12.4. The molecule has 3 rings (SSSR count). The molecule has 0 bridgehead atoms. The molecule has 2 aliphatic rings. The SMILES string of the molecule is CN1CCCC[C@@H]1C(=O)NC[C@@H]1CCO[C@H]1c1ccccc1. The van der Waals surface area contributed by atoms with E-state index in [1.165, 1.54) is 12.0 Å². The molecule has 4 nitrogen and oxygen atoms in total. The molecule has 22 heavy (non-hydrogen) atoms. The third kappa shape index (κ3) is 3.50. The van der Waals surface area contributed by atoms with Crippen LogP contribution in [-0.4, -0.2) is 43.6 Å². The van der Waals surface area contributed by atoms with E-state index in [0.29, 0.717) is 12.5 Å². The molecule has 0 unspecified atom stereocenters. The Morgan fingerprint density at radius 2 is 2.09 bits per heavy atom. The number of nitrogens with one attached hydrogen (secondary N) is 1. The Morgan fingerprint density at radius 1 is 1.27 bits per heavy atom. The molecule has 0 aliphatic carbocycles. The summed E-state index contributed by atoms with van der Waals surface area (Å²) in [4.78, 5) is 14.6. The number of carbonyl (C=O) groups is 1. The van der Waals surface area contributed by atoms with Crippen LogP contribution in [0.15, 0.2) is 30.3 Å². The van der Waals surface area contributed by atoms with Crippen molar-refractivity contribution in [3.63, 3.8) is 0 Å². The second-order valence-corrected chi connectivity index (χ2v) is 6.49. The summed E-state index contributed by atoms with van der Waals surface area (Å²) in [5.41, 5.74) is 1.22. The molecule has 2 fully saturated rings. The van der Waals surface area contributed by atoms with Crippen LogP contribution in [0.4, 0.5) is 0 Å². The molecule has 4 heteroatoms. The maximum Gasteiger partial charge on any atom is 0.237 e. The van der Waals surface area contributed by atoms with E-state index in [1.54, 1.807) is 0 Å². The smallest absolute Gasteiger partial charge is 0.237 e. The minimum Gasteiger partial charge on any atom is -0.373 e. The molecule has 2 aliphatic heterocycles. The van der Waals surface area contributed by atoms with E-state index in [0.717, 1.165) is 32.4 Å². The van der Waals surface area contributed by atoms with Gasteiger partial charge in [0.15, 0.2) is 0 Å². The predicted molar refractivity (Wildman–Crippen MR) is 86.5 cm³/mol. The highest BCUT2D eigenvalue weighted by molar-refractivity contribution is 5.81. The van der Waals surface area contributed by atoms with Gasteiger partial charge in [-0.3, -0.25) is 9.69 Å². The molecule has 0 radical (unpaired) electrons. The predicted octanol–water partition coefficient (Wildman–Crippen LogP) is 2.36. The molecule has 2 saturated heterocycles. The van der Waals surface area contributed by atoms with Gasteiger partial charge in [-0.2, -0.15) is 0 Å². The van der Waals surface area contributed by atoms with Crippen LogP contribution < -0.4 is 5.32 Å². The normalized spacial score (nSPS) is 29.4. The Hall–Kier alpha value is -1.39. The Kier molecular flexibility index (Phi) is 5.11. The number of benzene rings is 1. The van der Waals surface area contributed by atoms with Crippen molar-refractivity contribution in [3.8, 4) is 0 Å². The fourth-order valence-electron chi connectivity index (χ4n) is 3.61. The first-order valence-corrected chi connectivity index (χ1v) is 8.40. The van der Waals surface area contributed by atoms with E-state index >= 15 is 0 Å². The zero-order chi connectivity index (χ0) is 15.4. The monoisotopic (exact) mass is 302 g/mol. The zero-order valence-corrected chi connectivity index (χ0v) is 13.3. The fraction of sp³-hybridized carbons (Fsp3) is 0.611. The highest BCUT2D eigenvalue weighted by atomic mass is 16.5. The van der Waals surface area contributed by atoms with Crippen molar-refractivity contribution < 1.29 is 9.53 Å². The highest BCUT2D eigenvalue weighted by Crippen LogP contribution is 2.33. The van der Waals surface area contributed by atoms with E-state index in [1.807, 2.05) is 18.2 Å². The van der Waals surface area contributed by atoms with Crippen molar-refractivity contribution in [2.24, 2.45) is 5.92 Å². The van der Waals surface area contributed by atoms with Gasteiger partial charge < -0.3 is 10.1 Å². The number of carbonyl (C=O) groups excluding carboxylic acids is 1. The summed E-state index contributed by atoms with van der Waals surface area (Å²) in [7, 11) is 2.05. The minimum atomic E-state index is 0.0475. The molecule has 1 aromatic carbocycles. The first-order valence-electron chi connectivity index (χ1n) is 8.40. The molecule has 1 N–H and O–H groups in total. The van der Waals surface area contributed by atoms with Gasteiger partial charge in [-0.15, -0.1) is 0 Å². The van der Waals surface area contributed by atoms with Gasteiger partial charge in [0, 0.05) is 19.1 Å².